The molecule has 3 unspecified atom stereocenters. The molecule has 1 saturated heterocycles. The molecule has 3 atom stereocenters. The van der Waals surface area contributed by atoms with Gasteiger partial charge in [-0.2, -0.15) is 4.98 Å². The van der Waals surface area contributed by atoms with Crippen molar-refractivity contribution in [3.8, 4) is 5.75 Å². The van der Waals surface area contributed by atoms with E-state index < -0.39 is 0 Å². The molecule has 4 N–H and O–H groups in total. The number of nitrogens with zero attached hydrogens (tertiary/aromatic N) is 4. The molecule has 1 aromatic heterocycles. The minimum atomic E-state index is 0.306. The Labute approximate surface area is 220 Å². The number of nitrogens with one attached hydrogen (secondary N) is 2. The monoisotopic (exact) mass is 501 g/mol. The van der Waals surface area contributed by atoms with Crippen LogP contribution in [0.3, 0.4) is 0 Å². The summed E-state index contributed by atoms with van der Waals surface area (Å²) in [5.41, 5.74) is 9.83. The Hall–Kier alpha value is -3.39. The standard InChI is InChI=1S/C29H39N7O/c1-20(16-23-10-9-21-6-3-4-7-22(21)18-33-23)36(27-12-11-25(37-2)17-26(27)30)28-13-15-32-29(35-28)34-24-8-5-14-31-19-24/h9-13,15,17,21-22,24,31H,1,3-8,14,16,18-19,30H2,2H3,(H,32,34,35). The van der Waals surface area contributed by atoms with Gasteiger partial charge in [0.2, 0.25) is 5.95 Å². The molecular formula is C29H39N7O. The first-order valence-corrected chi connectivity index (χ1v) is 13.5. The number of benzene rings is 1. The lowest BCUT2D eigenvalue weighted by molar-refractivity contribution is 0.293. The maximum atomic E-state index is 6.52. The van der Waals surface area contributed by atoms with Gasteiger partial charge in [-0.05, 0) is 68.3 Å². The predicted octanol–water partition coefficient (Wildman–Crippen LogP) is 5.09. The van der Waals surface area contributed by atoms with Crippen LogP contribution in [0, 0.1) is 11.8 Å². The topological polar surface area (TPSA) is 101 Å². The van der Waals surface area contributed by atoms with Gasteiger partial charge in [-0.25, -0.2) is 4.98 Å². The normalized spacial score (nSPS) is 23.4. The first-order valence-electron chi connectivity index (χ1n) is 13.5. The third-order valence-corrected chi connectivity index (χ3v) is 7.71. The molecule has 8 nitrogen and oxygen atoms in total. The summed E-state index contributed by atoms with van der Waals surface area (Å²) in [5.74, 6) is 3.33. The number of fused-ring (bicyclic) bond motifs is 1. The van der Waals surface area contributed by atoms with Gasteiger partial charge in [-0.1, -0.05) is 25.5 Å². The van der Waals surface area contributed by atoms with Crippen molar-refractivity contribution >= 4 is 28.9 Å². The SMILES string of the molecule is C=C(CC1=NCC2CCCCC2C=C1)N(c1ccnc(NC2CCCNC2)n1)c1ccc(OC)cc1N. The second-order valence-corrected chi connectivity index (χ2v) is 10.3. The Balaban J connectivity index is 1.42. The molecule has 5 rings (SSSR count). The fraction of sp³-hybridized carbons (Fsp3) is 0.483. The number of piperidine rings is 1. The number of anilines is 4. The number of ether oxygens (including phenoxy) is 1. The Kier molecular flexibility index (Phi) is 8.04. The van der Waals surface area contributed by atoms with Gasteiger partial charge < -0.3 is 21.1 Å². The molecule has 0 bridgehead atoms. The fourth-order valence-electron chi connectivity index (χ4n) is 5.66. The molecule has 8 heteroatoms. The number of rotatable bonds is 8. The average Bonchev–Trinajstić information content (AvgIpc) is 3.13. The van der Waals surface area contributed by atoms with E-state index in [4.69, 9.17) is 20.4 Å². The van der Waals surface area contributed by atoms with E-state index in [1.807, 2.05) is 29.2 Å². The van der Waals surface area contributed by atoms with E-state index in [1.54, 1.807) is 13.3 Å². The highest BCUT2D eigenvalue weighted by molar-refractivity contribution is 5.97. The van der Waals surface area contributed by atoms with Crippen LogP contribution in [0.4, 0.5) is 23.1 Å². The highest BCUT2D eigenvalue weighted by atomic mass is 16.5. The Bertz CT molecular complexity index is 1150. The zero-order valence-electron chi connectivity index (χ0n) is 21.8. The number of allylic oxidation sites excluding steroid dienone is 3. The van der Waals surface area contributed by atoms with Gasteiger partial charge in [0.1, 0.15) is 11.6 Å². The van der Waals surface area contributed by atoms with Crippen molar-refractivity contribution < 1.29 is 4.74 Å². The molecule has 3 aliphatic rings. The largest absolute Gasteiger partial charge is 0.497 e. The third-order valence-electron chi connectivity index (χ3n) is 7.71. The van der Waals surface area contributed by atoms with Gasteiger partial charge in [0.05, 0.1) is 18.5 Å². The van der Waals surface area contributed by atoms with Gasteiger partial charge in [-0.15, -0.1) is 0 Å². The summed E-state index contributed by atoms with van der Waals surface area (Å²) in [6, 6.07) is 7.91. The molecule has 196 valence electrons. The molecule has 1 aromatic carbocycles. The Morgan fingerprint density at radius 3 is 2.92 bits per heavy atom. The van der Waals surface area contributed by atoms with Gasteiger partial charge in [0.25, 0.3) is 0 Å². The molecule has 37 heavy (non-hydrogen) atoms. The average molecular weight is 502 g/mol. The number of hydrogen-bond donors (Lipinski definition) is 3. The Morgan fingerprint density at radius 1 is 1.22 bits per heavy atom. The van der Waals surface area contributed by atoms with Crippen LogP contribution >= 0.6 is 0 Å². The van der Waals surface area contributed by atoms with Crippen LogP contribution in [0.1, 0.15) is 44.9 Å². The van der Waals surface area contributed by atoms with Gasteiger partial charge >= 0.3 is 0 Å². The molecule has 3 heterocycles. The van der Waals surface area contributed by atoms with Crippen molar-refractivity contribution in [2.24, 2.45) is 16.8 Å². The van der Waals surface area contributed by atoms with E-state index in [0.717, 1.165) is 55.4 Å². The summed E-state index contributed by atoms with van der Waals surface area (Å²) >= 11 is 0. The van der Waals surface area contributed by atoms with Crippen LogP contribution in [0.5, 0.6) is 5.75 Å². The van der Waals surface area contributed by atoms with Crippen molar-refractivity contribution in [3.63, 3.8) is 0 Å². The van der Waals surface area contributed by atoms with E-state index >= 15 is 0 Å². The van der Waals surface area contributed by atoms with Crippen LogP contribution in [0.2, 0.25) is 0 Å². The van der Waals surface area contributed by atoms with Crippen molar-refractivity contribution in [1.82, 2.24) is 15.3 Å². The van der Waals surface area contributed by atoms with E-state index in [0.29, 0.717) is 41.7 Å². The van der Waals surface area contributed by atoms with E-state index in [1.165, 1.54) is 25.7 Å². The van der Waals surface area contributed by atoms with Crippen LogP contribution in [-0.2, 0) is 0 Å². The first-order chi connectivity index (χ1) is 18.1. The lowest BCUT2D eigenvalue weighted by Gasteiger charge is -2.28. The number of nitrogen functional groups attached to an aromatic ring is 1. The molecule has 2 fully saturated rings. The summed E-state index contributed by atoms with van der Waals surface area (Å²) < 4.78 is 5.39. The number of hydrogen-bond acceptors (Lipinski definition) is 8. The predicted molar refractivity (Wildman–Crippen MR) is 152 cm³/mol. The van der Waals surface area contributed by atoms with Crippen LogP contribution in [0.15, 0.2) is 59.9 Å². The quantitative estimate of drug-likeness (QED) is 0.433. The van der Waals surface area contributed by atoms with Gasteiger partial charge in [0.15, 0.2) is 0 Å². The first kappa shape index (κ1) is 25.3. The molecule has 0 spiro atoms. The molecule has 2 aromatic rings. The molecule has 1 aliphatic carbocycles. The highest BCUT2D eigenvalue weighted by Gasteiger charge is 2.25. The summed E-state index contributed by atoms with van der Waals surface area (Å²) in [5, 5.41) is 6.92. The lowest BCUT2D eigenvalue weighted by atomic mass is 9.79. The van der Waals surface area contributed by atoms with Crippen molar-refractivity contribution in [3.05, 3.63) is 54.9 Å². The van der Waals surface area contributed by atoms with Crippen molar-refractivity contribution in [2.75, 3.05) is 42.7 Å². The minimum absolute atomic E-state index is 0.306. The molecule has 1 saturated carbocycles. The van der Waals surface area contributed by atoms with Crippen molar-refractivity contribution in [1.29, 1.82) is 0 Å². The maximum Gasteiger partial charge on any atom is 0.224 e. The summed E-state index contributed by atoms with van der Waals surface area (Å²) in [4.78, 5) is 16.4. The van der Waals surface area contributed by atoms with Gasteiger partial charge in [0, 0.05) is 49.2 Å². The van der Waals surface area contributed by atoms with E-state index in [2.05, 4.69) is 34.3 Å². The number of aromatic nitrogens is 2. The minimum Gasteiger partial charge on any atom is -0.497 e. The molecule has 0 amide bonds. The second kappa shape index (κ2) is 11.8. The Morgan fingerprint density at radius 2 is 2.11 bits per heavy atom. The molecule has 0 radical (unpaired) electrons. The fourth-order valence-corrected chi connectivity index (χ4v) is 5.66. The summed E-state index contributed by atoms with van der Waals surface area (Å²) in [6.45, 7) is 7.34. The number of methoxy groups -OCH3 is 1. The zero-order valence-corrected chi connectivity index (χ0v) is 21.8. The third kappa shape index (κ3) is 6.13. The lowest BCUT2D eigenvalue weighted by Crippen LogP contribution is -2.38. The number of nitrogens with two attached hydrogens (primary N) is 1. The number of aliphatic imine (C=N–C) groups is 1. The van der Waals surface area contributed by atoms with E-state index in [9.17, 15) is 0 Å². The highest BCUT2D eigenvalue weighted by Crippen LogP contribution is 2.37. The zero-order chi connectivity index (χ0) is 25.6. The van der Waals surface area contributed by atoms with Crippen LogP contribution in [0.25, 0.3) is 0 Å². The second-order valence-electron chi connectivity index (χ2n) is 10.3. The van der Waals surface area contributed by atoms with Crippen LogP contribution < -0.4 is 26.0 Å². The smallest absolute Gasteiger partial charge is 0.224 e. The summed E-state index contributed by atoms with van der Waals surface area (Å²) in [6.07, 6.45) is 14.4. The van der Waals surface area contributed by atoms with Crippen LogP contribution in [-0.4, -0.2) is 48.5 Å². The van der Waals surface area contributed by atoms with E-state index in [-0.39, 0.29) is 0 Å². The molecule has 2 aliphatic heterocycles. The summed E-state index contributed by atoms with van der Waals surface area (Å²) in [7, 11) is 1.64. The van der Waals surface area contributed by atoms with Crippen molar-refractivity contribution in [2.45, 2.75) is 51.0 Å². The van der Waals surface area contributed by atoms with Gasteiger partial charge in [-0.3, -0.25) is 9.89 Å². The maximum absolute atomic E-state index is 6.52. The molecular weight excluding hydrogens is 462 g/mol.